The van der Waals surface area contributed by atoms with Gasteiger partial charge in [-0.15, -0.1) is 0 Å². The molecule has 0 saturated heterocycles. The van der Waals surface area contributed by atoms with E-state index in [9.17, 15) is 5.11 Å². The highest BCUT2D eigenvalue weighted by Gasteiger charge is 2.06. The van der Waals surface area contributed by atoms with E-state index in [2.05, 4.69) is 20.3 Å². The third-order valence-corrected chi connectivity index (χ3v) is 1.91. The number of nitrogens with zero attached hydrogens (tertiary/aromatic N) is 3. The first-order chi connectivity index (χ1) is 7.15. The second kappa shape index (κ2) is 5.67. The molecule has 1 heterocycles. The van der Waals surface area contributed by atoms with Crippen molar-refractivity contribution in [3.63, 3.8) is 0 Å². The van der Waals surface area contributed by atoms with E-state index in [0.29, 0.717) is 18.9 Å². The number of nitrogens with one attached hydrogen (secondary N) is 1. The van der Waals surface area contributed by atoms with Crippen molar-refractivity contribution in [2.45, 2.75) is 19.4 Å². The molecule has 1 unspecified atom stereocenters. The van der Waals surface area contributed by atoms with Crippen molar-refractivity contribution in [3.8, 4) is 6.01 Å². The Morgan fingerprint density at radius 3 is 2.80 bits per heavy atom. The molecular formula is C8H13ClN4O2. The molecule has 15 heavy (non-hydrogen) atoms. The standard InChI is InChI=1S/C8H13ClN4O2/c1-3-5(14)4-10-7-11-6(9)12-8(13-7)15-2/h5,14H,3-4H2,1-2H3,(H,10,11,12,13). The van der Waals surface area contributed by atoms with Gasteiger partial charge in [-0.3, -0.25) is 0 Å². The number of methoxy groups -OCH3 is 1. The SMILES string of the molecule is CCC(O)CNc1nc(Cl)nc(OC)n1. The lowest BCUT2D eigenvalue weighted by Crippen LogP contribution is -2.19. The summed E-state index contributed by atoms with van der Waals surface area (Å²) >= 11 is 5.63. The minimum Gasteiger partial charge on any atom is -0.467 e. The van der Waals surface area contributed by atoms with Crippen LogP contribution in [0.4, 0.5) is 5.95 Å². The van der Waals surface area contributed by atoms with Crippen molar-refractivity contribution in [2.75, 3.05) is 19.0 Å². The first-order valence-corrected chi connectivity index (χ1v) is 4.91. The molecule has 6 nitrogen and oxygen atoms in total. The third-order valence-electron chi connectivity index (χ3n) is 1.74. The quantitative estimate of drug-likeness (QED) is 0.779. The number of hydrogen-bond acceptors (Lipinski definition) is 6. The van der Waals surface area contributed by atoms with Crippen molar-refractivity contribution in [2.24, 2.45) is 0 Å². The van der Waals surface area contributed by atoms with Gasteiger partial charge < -0.3 is 15.2 Å². The van der Waals surface area contributed by atoms with Gasteiger partial charge in [0, 0.05) is 6.54 Å². The molecule has 0 radical (unpaired) electrons. The summed E-state index contributed by atoms with van der Waals surface area (Å²) in [5.41, 5.74) is 0. The van der Waals surface area contributed by atoms with Crippen LogP contribution in [0.25, 0.3) is 0 Å². The Balaban J connectivity index is 2.64. The van der Waals surface area contributed by atoms with Gasteiger partial charge in [-0.05, 0) is 18.0 Å². The highest BCUT2D eigenvalue weighted by molar-refractivity contribution is 6.28. The average molecular weight is 233 g/mol. The summed E-state index contributed by atoms with van der Waals surface area (Å²) in [5, 5.41) is 12.2. The molecule has 0 fully saturated rings. The fourth-order valence-electron chi connectivity index (χ4n) is 0.856. The number of hydrogen-bond donors (Lipinski definition) is 2. The van der Waals surface area contributed by atoms with Gasteiger partial charge >= 0.3 is 6.01 Å². The molecular weight excluding hydrogens is 220 g/mol. The van der Waals surface area contributed by atoms with Crippen LogP contribution in [0.3, 0.4) is 0 Å². The molecule has 0 bridgehead atoms. The second-order valence-electron chi connectivity index (χ2n) is 2.86. The zero-order valence-electron chi connectivity index (χ0n) is 8.57. The molecule has 84 valence electrons. The van der Waals surface area contributed by atoms with Gasteiger partial charge in [0.25, 0.3) is 0 Å². The topological polar surface area (TPSA) is 80.2 Å². The molecule has 0 aromatic carbocycles. The number of rotatable bonds is 5. The fourth-order valence-corrected chi connectivity index (χ4v) is 1.01. The molecule has 1 aromatic rings. The van der Waals surface area contributed by atoms with E-state index in [4.69, 9.17) is 16.3 Å². The van der Waals surface area contributed by atoms with E-state index in [0.717, 1.165) is 0 Å². The van der Waals surface area contributed by atoms with Gasteiger partial charge in [-0.1, -0.05) is 6.92 Å². The number of aromatic nitrogens is 3. The monoisotopic (exact) mass is 232 g/mol. The maximum atomic E-state index is 9.32. The largest absolute Gasteiger partial charge is 0.467 e. The Hall–Kier alpha value is -1.14. The molecule has 0 aliphatic carbocycles. The van der Waals surface area contributed by atoms with E-state index in [1.165, 1.54) is 7.11 Å². The molecule has 0 saturated carbocycles. The number of aliphatic hydroxyl groups is 1. The average Bonchev–Trinajstić information content (AvgIpc) is 2.25. The first kappa shape index (κ1) is 11.9. The number of anilines is 1. The Morgan fingerprint density at radius 2 is 2.20 bits per heavy atom. The molecule has 1 rings (SSSR count). The molecule has 0 amide bonds. The zero-order chi connectivity index (χ0) is 11.3. The smallest absolute Gasteiger partial charge is 0.322 e. The Bertz CT molecular complexity index is 324. The van der Waals surface area contributed by atoms with E-state index in [-0.39, 0.29) is 11.3 Å². The van der Waals surface area contributed by atoms with Gasteiger partial charge in [0.1, 0.15) is 0 Å². The van der Waals surface area contributed by atoms with Crippen LogP contribution >= 0.6 is 11.6 Å². The van der Waals surface area contributed by atoms with Gasteiger partial charge in [-0.25, -0.2) is 0 Å². The van der Waals surface area contributed by atoms with Gasteiger partial charge in [0.15, 0.2) is 0 Å². The first-order valence-electron chi connectivity index (χ1n) is 4.53. The van der Waals surface area contributed by atoms with Crippen molar-refractivity contribution in [3.05, 3.63) is 5.28 Å². The third kappa shape index (κ3) is 3.85. The van der Waals surface area contributed by atoms with E-state index in [1.54, 1.807) is 0 Å². The van der Waals surface area contributed by atoms with E-state index >= 15 is 0 Å². The second-order valence-corrected chi connectivity index (χ2v) is 3.20. The summed E-state index contributed by atoms with van der Waals surface area (Å²) in [7, 11) is 1.44. The lowest BCUT2D eigenvalue weighted by atomic mass is 10.3. The van der Waals surface area contributed by atoms with Crippen LogP contribution in [-0.4, -0.2) is 39.8 Å². The van der Waals surface area contributed by atoms with Crippen molar-refractivity contribution in [1.29, 1.82) is 0 Å². The van der Waals surface area contributed by atoms with Gasteiger partial charge in [0.2, 0.25) is 11.2 Å². The molecule has 0 aliphatic heterocycles. The van der Waals surface area contributed by atoms with Gasteiger partial charge in [-0.2, -0.15) is 15.0 Å². The summed E-state index contributed by atoms with van der Waals surface area (Å²) in [6.07, 6.45) is 0.217. The summed E-state index contributed by atoms with van der Waals surface area (Å²) < 4.78 is 4.82. The van der Waals surface area contributed by atoms with Crippen LogP contribution in [0, 0.1) is 0 Å². The normalized spacial score (nSPS) is 12.3. The Morgan fingerprint density at radius 1 is 1.47 bits per heavy atom. The van der Waals surface area contributed by atoms with Gasteiger partial charge in [0.05, 0.1) is 13.2 Å². The van der Waals surface area contributed by atoms with Crippen molar-refractivity contribution in [1.82, 2.24) is 15.0 Å². The lowest BCUT2D eigenvalue weighted by Gasteiger charge is -2.09. The summed E-state index contributed by atoms with van der Waals surface area (Å²) in [4.78, 5) is 11.5. The van der Waals surface area contributed by atoms with Crippen LogP contribution < -0.4 is 10.1 Å². The predicted octanol–water partition coefficient (Wildman–Crippen LogP) is 0.716. The van der Waals surface area contributed by atoms with E-state index < -0.39 is 6.10 Å². The molecule has 1 atom stereocenters. The van der Waals surface area contributed by atoms with Crippen LogP contribution in [0.2, 0.25) is 5.28 Å². The highest BCUT2D eigenvalue weighted by atomic mass is 35.5. The minimum absolute atomic E-state index is 0.0512. The molecule has 7 heteroatoms. The molecule has 0 aliphatic rings. The van der Waals surface area contributed by atoms with Crippen LogP contribution in [0.15, 0.2) is 0 Å². The predicted molar refractivity (Wildman–Crippen MR) is 56.2 cm³/mol. The molecule has 0 spiro atoms. The summed E-state index contributed by atoms with van der Waals surface area (Å²) in [6.45, 7) is 2.24. The fraction of sp³-hybridized carbons (Fsp3) is 0.625. The summed E-state index contributed by atoms with van der Waals surface area (Å²) in [6, 6.07) is 0.142. The lowest BCUT2D eigenvalue weighted by molar-refractivity contribution is 0.183. The molecule has 1 aromatic heterocycles. The number of aliphatic hydroxyl groups excluding tert-OH is 1. The van der Waals surface area contributed by atoms with Crippen LogP contribution in [-0.2, 0) is 0 Å². The highest BCUT2D eigenvalue weighted by Crippen LogP contribution is 2.10. The van der Waals surface area contributed by atoms with Crippen molar-refractivity contribution < 1.29 is 9.84 Å². The Labute approximate surface area is 92.7 Å². The van der Waals surface area contributed by atoms with Crippen molar-refractivity contribution >= 4 is 17.5 Å². The number of ether oxygens (including phenoxy) is 1. The Kier molecular flexibility index (Phi) is 4.51. The number of halogens is 1. The molecule has 2 N–H and O–H groups in total. The summed E-state index contributed by atoms with van der Waals surface area (Å²) in [5.74, 6) is 0.291. The van der Waals surface area contributed by atoms with Crippen LogP contribution in [0.1, 0.15) is 13.3 Å². The maximum absolute atomic E-state index is 9.32. The van der Waals surface area contributed by atoms with Crippen LogP contribution in [0.5, 0.6) is 6.01 Å². The zero-order valence-corrected chi connectivity index (χ0v) is 9.32. The maximum Gasteiger partial charge on any atom is 0.322 e. The minimum atomic E-state index is -0.438. The van der Waals surface area contributed by atoms with E-state index in [1.807, 2.05) is 6.92 Å².